The van der Waals surface area contributed by atoms with Crippen LogP contribution < -0.4 is 14.4 Å². The predicted octanol–water partition coefficient (Wildman–Crippen LogP) is 3.93. The van der Waals surface area contributed by atoms with Crippen LogP contribution in [0.15, 0.2) is 60.9 Å². The van der Waals surface area contributed by atoms with Crippen molar-refractivity contribution in [1.82, 2.24) is 4.98 Å². The van der Waals surface area contributed by atoms with Crippen LogP contribution in [-0.4, -0.2) is 32.6 Å². The van der Waals surface area contributed by atoms with Crippen LogP contribution in [-0.2, 0) is 16.6 Å². The third-order valence-electron chi connectivity index (χ3n) is 4.87. The summed E-state index contributed by atoms with van der Waals surface area (Å²) in [5.74, 6) is 0.0237. The molecule has 0 atom stereocenters. The third kappa shape index (κ3) is 5.61. The second kappa shape index (κ2) is 9.18. The zero-order valence-electron chi connectivity index (χ0n) is 17.9. The van der Waals surface area contributed by atoms with E-state index in [-0.39, 0.29) is 12.5 Å². The molecule has 0 saturated heterocycles. The standard InChI is InChI=1S/C23H25N3O4S/c1-16-7-8-17(2)19(12-16)15-30-22-13-20(9-10-21(22)26(3)31(4,28)29)25-23(27)18-6-5-11-24-14-18/h5-14H,15H2,1-4H3,(H,25,27). The van der Waals surface area contributed by atoms with Crippen molar-refractivity contribution in [2.45, 2.75) is 20.5 Å². The summed E-state index contributed by atoms with van der Waals surface area (Å²) in [5, 5.41) is 2.80. The van der Waals surface area contributed by atoms with Gasteiger partial charge in [0.1, 0.15) is 12.4 Å². The summed E-state index contributed by atoms with van der Waals surface area (Å²) in [7, 11) is -2.04. The normalized spacial score (nSPS) is 11.1. The summed E-state index contributed by atoms with van der Waals surface area (Å²) in [6, 6.07) is 14.3. The lowest BCUT2D eigenvalue weighted by molar-refractivity contribution is 0.102. The van der Waals surface area contributed by atoms with E-state index < -0.39 is 10.0 Å². The molecule has 8 heteroatoms. The summed E-state index contributed by atoms with van der Waals surface area (Å²) in [6.45, 7) is 4.25. The molecule has 0 aliphatic rings. The van der Waals surface area contributed by atoms with Crippen molar-refractivity contribution in [3.05, 3.63) is 83.2 Å². The Labute approximate surface area is 182 Å². The molecule has 1 heterocycles. The van der Waals surface area contributed by atoms with E-state index in [1.54, 1.807) is 36.5 Å². The van der Waals surface area contributed by atoms with Gasteiger partial charge in [-0.1, -0.05) is 23.8 Å². The van der Waals surface area contributed by atoms with Gasteiger partial charge in [0.15, 0.2) is 0 Å². The molecule has 162 valence electrons. The Balaban J connectivity index is 1.91. The number of hydrogen-bond donors (Lipinski definition) is 1. The number of ether oxygens (including phenoxy) is 1. The zero-order valence-corrected chi connectivity index (χ0v) is 18.7. The number of nitrogens with zero attached hydrogens (tertiary/aromatic N) is 2. The number of aryl methyl sites for hydroxylation is 2. The fourth-order valence-corrected chi connectivity index (χ4v) is 3.47. The smallest absolute Gasteiger partial charge is 0.257 e. The zero-order chi connectivity index (χ0) is 22.6. The van der Waals surface area contributed by atoms with Crippen molar-refractivity contribution in [2.24, 2.45) is 0 Å². The molecular formula is C23H25N3O4S. The molecule has 0 spiro atoms. The number of anilines is 2. The molecule has 0 bridgehead atoms. The first-order valence-electron chi connectivity index (χ1n) is 9.63. The second-order valence-corrected chi connectivity index (χ2v) is 9.34. The number of amides is 1. The fourth-order valence-electron chi connectivity index (χ4n) is 2.96. The molecule has 0 aliphatic carbocycles. The summed E-state index contributed by atoms with van der Waals surface area (Å²) < 4.78 is 31.4. The first-order valence-corrected chi connectivity index (χ1v) is 11.5. The van der Waals surface area contributed by atoms with Gasteiger partial charge in [-0.25, -0.2) is 8.42 Å². The van der Waals surface area contributed by atoms with Gasteiger partial charge in [-0.15, -0.1) is 0 Å². The van der Waals surface area contributed by atoms with Crippen molar-refractivity contribution in [2.75, 3.05) is 22.9 Å². The average Bonchev–Trinajstić information content (AvgIpc) is 2.74. The minimum Gasteiger partial charge on any atom is -0.487 e. The van der Waals surface area contributed by atoms with Gasteiger partial charge in [-0.3, -0.25) is 14.1 Å². The SMILES string of the molecule is Cc1ccc(C)c(COc2cc(NC(=O)c3cccnc3)ccc2N(C)S(C)(=O)=O)c1. The van der Waals surface area contributed by atoms with E-state index in [1.807, 2.05) is 32.0 Å². The van der Waals surface area contributed by atoms with Gasteiger partial charge in [0, 0.05) is 31.2 Å². The van der Waals surface area contributed by atoms with Crippen molar-refractivity contribution < 1.29 is 17.9 Å². The minimum absolute atomic E-state index is 0.262. The molecule has 0 fully saturated rings. The Bertz CT molecular complexity index is 1190. The number of rotatable bonds is 7. The lowest BCUT2D eigenvalue weighted by Gasteiger charge is -2.21. The van der Waals surface area contributed by atoms with Gasteiger partial charge in [-0.2, -0.15) is 0 Å². The number of nitrogens with one attached hydrogen (secondary N) is 1. The number of aromatic nitrogens is 1. The molecule has 0 unspecified atom stereocenters. The summed E-state index contributed by atoms with van der Waals surface area (Å²) in [4.78, 5) is 16.4. The van der Waals surface area contributed by atoms with Crippen LogP contribution >= 0.6 is 0 Å². The maximum Gasteiger partial charge on any atom is 0.257 e. The monoisotopic (exact) mass is 439 g/mol. The van der Waals surface area contributed by atoms with Gasteiger partial charge < -0.3 is 10.1 Å². The summed E-state index contributed by atoms with van der Waals surface area (Å²) >= 11 is 0. The molecule has 1 amide bonds. The number of sulfonamides is 1. The van der Waals surface area contributed by atoms with Crippen molar-refractivity contribution in [3.8, 4) is 5.75 Å². The van der Waals surface area contributed by atoms with Gasteiger partial charge in [0.25, 0.3) is 5.91 Å². The Morgan fingerprint density at radius 2 is 1.90 bits per heavy atom. The van der Waals surface area contributed by atoms with E-state index in [0.717, 1.165) is 27.3 Å². The van der Waals surface area contributed by atoms with E-state index in [1.165, 1.54) is 13.2 Å². The Morgan fingerprint density at radius 3 is 2.58 bits per heavy atom. The topological polar surface area (TPSA) is 88.6 Å². The van der Waals surface area contributed by atoms with E-state index >= 15 is 0 Å². The number of carbonyl (C=O) groups is 1. The van der Waals surface area contributed by atoms with E-state index in [9.17, 15) is 13.2 Å². The molecule has 31 heavy (non-hydrogen) atoms. The van der Waals surface area contributed by atoms with Gasteiger partial charge in [0.2, 0.25) is 10.0 Å². The van der Waals surface area contributed by atoms with Crippen LogP contribution in [0.5, 0.6) is 5.75 Å². The fraction of sp³-hybridized carbons (Fsp3) is 0.217. The maximum absolute atomic E-state index is 12.5. The maximum atomic E-state index is 12.5. The molecule has 1 N–H and O–H groups in total. The number of hydrogen-bond acceptors (Lipinski definition) is 5. The van der Waals surface area contributed by atoms with Crippen molar-refractivity contribution in [3.63, 3.8) is 0 Å². The molecule has 0 saturated carbocycles. The lowest BCUT2D eigenvalue weighted by Crippen LogP contribution is -2.25. The molecule has 3 aromatic rings. The molecule has 7 nitrogen and oxygen atoms in total. The van der Waals surface area contributed by atoms with Crippen LogP contribution in [0, 0.1) is 13.8 Å². The highest BCUT2D eigenvalue weighted by Gasteiger charge is 2.18. The van der Waals surface area contributed by atoms with Crippen LogP contribution in [0.3, 0.4) is 0 Å². The number of carbonyl (C=O) groups excluding carboxylic acids is 1. The van der Waals surface area contributed by atoms with Gasteiger partial charge >= 0.3 is 0 Å². The van der Waals surface area contributed by atoms with E-state index in [2.05, 4.69) is 10.3 Å². The highest BCUT2D eigenvalue weighted by Crippen LogP contribution is 2.33. The summed E-state index contributed by atoms with van der Waals surface area (Å²) in [6.07, 6.45) is 4.18. The average molecular weight is 440 g/mol. The lowest BCUT2D eigenvalue weighted by atomic mass is 10.1. The number of benzene rings is 2. The minimum atomic E-state index is -3.50. The molecule has 3 rings (SSSR count). The Morgan fingerprint density at radius 1 is 1.13 bits per heavy atom. The quantitative estimate of drug-likeness (QED) is 0.603. The largest absolute Gasteiger partial charge is 0.487 e. The summed E-state index contributed by atoms with van der Waals surface area (Å²) in [5.41, 5.74) is 4.46. The Hall–Kier alpha value is -3.39. The number of pyridine rings is 1. The molecule has 0 aliphatic heterocycles. The van der Waals surface area contributed by atoms with Crippen molar-refractivity contribution >= 4 is 27.3 Å². The predicted molar refractivity (Wildman–Crippen MR) is 122 cm³/mol. The Kier molecular flexibility index (Phi) is 6.60. The van der Waals surface area contributed by atoms with Crippen LogP contribution in [0.4, 0.5) is 11.4 Å². The second-order valence-electron chi connectivity index (χ2n) is 7.33. The molecule has 1 aromatic heterocycles. The van der Waals surface area contributed by atoms with Crippen LogP contribution in [0.25, 0.3) is 0 Å². The van der Waals surface area contributed by atoms with E-state index in [4.69, 9.17) is 4.74 Å². The highest BCUT2D eigenvalue weighted by atomic mass is 32.2. The third-order valence-corrected chi connectivity index (χ3v) is 6.06. The first kappa shape index (κ1) is 22.3. The molecule has 0 radical (unpaired) electrons. The highest BCUT2D eigenvalue weighted by molar-refractivity contribution is 7.92. The van der Waals surface area contributed by atoms with Gasteiger partial charge in [0.05, 0.1) is 17.5 Å². The van der Waals surface area contributed by atoms with Crippen molar-refractivity contribution in [1.29, 1.82) is 0 Å². The van der Waals surface area contributed by atoms with E-state index in [0.29, 0.717) is 22.7 Å². The molecular weight excluding hydrogens is 414 g/mol. The van der Waals surface area contributed by atoms with Crippen LogP contribution in [0.1, 0.15) is 27.0 Å². The molecule has 2 aromatic carbocycles. The van der Waals surface area contributed by atoms with Crippen LogP contribution in [0.2, 0.25) is 0 Å². The van der Waals surface area contributed by atoms with Gasteiger partial charge in [-0.05, 0) is 49.2 Å². The first-order chi connectivity index (χ1) is 14.6.